The molecule has 2 aromatic carbocycles. The molecule has 118 valence electrons. The van der Waals surface area contributed by atoms with Gasteiger partial charge in [-0.2, -0.15) is 0 Å². The fourth-order valence-electron chi connectivity index (χ4n) is 1.99. The Morgan fingerprint density at radius 1 is 1.17 bits per heavy atom. The van der Waals surface area contributed by atoms with Gasteiger partial charge >= 0.3 is 5.97 Å². The number of rotatable bonds is 6. The smallest absolute Gasteiger partial charge is 0.331 e. The van der Waals surface area contributed by atoms with Gasteiger partial charge in [-0.1, -0.05) is 24.3 Å². The van der Waals surface area contributed by atoms with Crippen molar-refractivity contribution < 1.29 is 14.6 Å². The number of hydrogen-bond acceptors (Lipinski definition) is 3. The van der Waals surface area contributed by atoms with E-state index in [1.54, 1.807) is 19.2 Å². The fraction of sp³-hybridized carbons (Fsp3) is 0.158. The maximum atomic E-state index is 10.8. The van der Waals surface area contributed by atoms with E-state index in [2.05, 4.69) is 4.99 Å². The van der Waals surface area contributed by atoms with E-state index in [-0.39, 0.29) is 0 Å². The molecule has 0 amide bonds. The molecule has 0 saturated carbocycles. The lowest BCUT2D eigenvalue weighted by Crippen LogP contribution is -1.95. The van der Waals surface area contributed by atoms with Crippen molar-refractivity contribution in [3.8, 4) is 5.75 Å². The Morgan fingerprint density at radius 2 is 1.87 bits per heavy atom. The number of nitrogens with zero attached hydrogens (tertiary/aromatic N) is 1. The molecule has 2 rings (SSSR count). The molecular weight excluding hydrogens is 290 g/mol. The van der Waals surface area contributed by atoms with Crippen LogP contribution in [0, 0.1) is 0 Å². The van der Waals surface area contributed by atoms with Crippen LogP contribution in [0.5, 0.6) is 5.75 Å². The number of aliphatic carboxylic acids is 1. The SMILES string of the molecule is CCOc1ccccc1C=Nc1ccc(/C=C(\C)C(=O)O)cc1. The van der Waals surface area contributed by atoms with Crippen LogP contribution in [-0.4, -0.2) is 23.9 Å². The molecule has 4 heteroatoms. The zero-order valence-electron chi connectivity index (χ0n) is 13.2. The van der Waals surface area contributed by atoms with Crippen LogP contribution < -0.4 is 4.74 Å². The van der Waals surface area contributed by atoms with Crippen molar-refractivity contribution in [3.63, 3.8) is 0 Å². The lowest BCUT2D eigenvalue weighted by molar-refractivity contribution is -0.132. The first kappa shape index (κ1) is 16.5. The van der Waals surface area contributed by atoms with Crippen LogP contribution in [0.15, 0.2) is 59.1 Å². The number of benzene rings is 2. The van der Waals surface area contributed by atoms with Crippen molar-refractivity contribution in [2.24, 2.45) is 4.99 Å². The Hall–Kier alpha value is -2.88. The predicted octanol–water partition coefficient (Wildman–Crippen LogP) is 4.32. The topological polar surface area (TPSA) is 58.9 Å². The van der Waals surface area contributed by atoms with E-state index in [0.717, 1.165) is 22.6 Å². The summed E-state index contributed by atoms with van der Waals surface area (Å²) in [7, 11) is 0. The molecule has 0 aliphatic heterocycles. The Kier molecular flexibility index (Phi) is 5.69. The second-order valence-corrected chi connectivity index (χ2v) is 4.95. The van der Waals surface area contributed by atoms with Crippen molar-refractivity contribution in [3.05, 3.63) is 65.2 Å². The molecule has 0 bridgehead atoms. The molecule has 1 N–H and O–H groups in total. The molecule has 0 aliphatic carbocycles. The summed E-state index contributed by atoms with van der Waals surface area (Å²) in [6.45, 7) is 4.12. The monoisotopic (exact) mass is 309 g/mol. The molecule has 0 aromatic heterocycles. The first-order valence-electron chi connectivity index (χ1n) is 7.37. The van der Waals surface area contributed by atoms with Gasteiger partial charge in [0.1, 0.15) is 5.75 Å². The average Bonchev–Trinajstić information content (AvgIpc) is 2.55. The second kappa shape index (κ2) is 7.94. The summed E-state index contributed by atoms with van der Waals surface area (Å²) in [5, 5.41) is 8.87. The summed E-state index contributed by atoms with van der Waals surface area (Å²) >= 11 is 0. The summed E-state index contributed by atoms with van der Waals surface area (Å²) in [6.07, 6.45) is 3.39. The number of hydrogen-bond donors (Lipinski definition) is 1. The van der Waals surface area contributed by atoms with Crippen LogP contribution in [-0.2, 0) is 4.79 Å². The lowest BCUT2D eigenvalue weighted by atomic mass is 10.1. The maximum absolute atomic E-state index is 10.8. The predicted molar refractivity (Wildman–Crippen MR) is 92.6 cm³/mol. The van der Waals surface area contributed by atoms with Gasteiger partial charge in [-0.05, 0) is 49.8 Å². The quantitative estimate of drug-likeness (QED) is 0.638. The third-order valence-corrected chi connectivity index (χ3v) is 3.19. The standard InChI is InChI=1S/C19H19NO3/c1-3-23-18-7-5-4-6-16(18)13-20-17-10-8-15(9-11-17)12-14(2)19(21)22/h4-13H,3H2,1-2H3,(H,21,22)/b14-12+,20-13?. The molecule has 0 atom stereocenters. The van der Waals surface area contributed by atoms with E-state index in [0.29, 0.717) is 12.2 Å². The van der Waals surface area contributed by atoms with Crippen LogP contribution in [0.1, 0.15) is 25.0 Å². The highest BCUT2D eigenvalue weighted by atomic mass is 16.5. The van der Waals surface area contributed by atoms with Gasteiger partial charge in [-0.15, -0.1) is 0 Å². The number of aliphatic imine (C=N–C) groups is 1. The minimum absolute atomic E-state index is 0.298. The first-order chi connectivity index (χ1) is 11.1. The molecule has 4 nitrogen and oxygen atoms in total. The minimum atomic E-state index is -0.917. The Morgan fingerprint density at radius 3 is 2.52 bits per heavy atom. The van der Waals surface area contributed by atoms with Crippen molar-refractivity contribution in [1.29, 1.82) is 0 Å². The maximum Gasteiger partial charge on any atom is 0.331 e. The van der Waals surface area contributed by atoms with Crippen molar-refractivity contribution in [2.75, 3.05) is 6.61 Å². The van der Waals surface area contributed by atoms with E-state index in [4.69, 9.17) is 9.84 Å². The van der Waals surface area contributed by atoms with Crippen molar-refractivity contribution in [2.45, 2.75) is 13.8 Å². The van der Waals surface area contributed by atoms with E-state index in [1.165, 1.54) is 0 Å². The van der Waals surface area contributed by atoms with Crippen molar-refractivity contribution >= 4 is 23.9 Å². The Labute approximate surface area is 135 Å². The largest absolute Gasteiger partial charge is 0.493 e. The molecule has 0 spiro atoms. The van der Waals surface area contributed by atoms with Crippen LogP contribution >= 0.6 is 0 Å². The van der Waals surface area contributed by atoms with Gasteiger partial charge in [0.15, 0.2) is 0 Å². The number of carboxylic acid groups (broad SMARTS) is 1. The Balaban J connectivity index is 2.15. The highest BCUT2D eigenvalue weighted by Gasteiger charge is 2.01. The van der Waals surface area contributed by atoms with Crippen LogP contribution in [0.4, 0.5) is 5.69 Å². The molecule has 0 aliphatic rings. The first-order valence-corrected chi connectivity index (χ1v) is 7.37. The molecule has 0 heterocycles. The van der Waals surface area contributed by atoms with E-state index in [1.807, 2.05) is 55.5 Å². The fourth-order valence-corrected chi connectivity index (χ4v) is 1.99. The number of para-hydroxylation sites is 1. The third-order valence-electron chi connectivity index (χ3n) is 3.19. The van der Waals surface area contributed by atoms with E-state index in [9.17, 15) is 4.79 Å². The third kappa shape index (κ3) is 4.81. The zero-order chi connectivity index (χ0) is 16.7. The Bertz CT molecular complexity index is 731. The lowest BCUT2D eigenvalue weighted by Gasteiger charge is -2.05. The zero-order valence-corrected chi connectivity index (χ0v) is 13.2. The molecule has 0 radical (unpaired) electrons. The highest BCUT2D eigenvalue weighted by molar-refractivity contribution is 5.91. The molecular formula is C19H19NO3. The minimum Gasteiger partial charge on any atom is -0.493 e. The summed E-state index contributed by atoms with van der Waals surface area (Å²) in [6, 6.07) is 15.1. The van der Waals surface area contributed by atoms with Crippen LogP contribution in [0.3, 0.4) is 0 Å². The average molecular weight is 309 g/mol. The van der Waals surface area contributed by atoms with Gasteiger partial charge in [-0.3, -0.25) is 4.99 Å². The van der Waals surface area contributed by atoms with Gasteiger partial charge in [0.25, 0.3) is 0 Å². The number of carbonyl (C=O) groups is 1. The van der Waals surface area contributed by atoms with Gasteiger partial charge < -0.3 is 9.84 Å². The molecule has 0 saturated heterocycles. The van der Waals surface area contributed by atoms with Gasteiger partial charge in [0.2, 0.25) is 0 Å². The molecule has 0 fully saturated rings. The number of ether oxygens (including phenoxy) is 1. The summed E-state index contributed by atoms with van der Waals surface area (Å²) < 4.78 is 5.56. The van der Waals surface area contributed by atoms with E-state index >= 15 is 0 Å². The highest BCUT2D eigenvalue weighted by Crippen LogP contribution is 2.19. The van der Waals surface area contributed by atoms with Gasteiger partial charge in [0.05, 0.1) is 12.3 Å². The van der Waals surface area contributed by atoms with Crippen LogP contribution in [0.25, 0.3) is 6.08 Å². The summed E-state index contributed by atoms with van der Waals surface area (Å²) in [5.41, 5.74) is 2.84. The van der Waals surface area contributed by atoms with Gasteiger partial charge in [-0.25, -0.2) is 4.79 Å². The van der Waals surface area contributed by atoms with Gasteiger partial charge in [0, 0.05) is 17.4 Å². The summed E-state index contributed by atoms with van der Waals surface area (Å²) in [4.78, 5) is 15.2. The van der Waals surface area contributed by atoms with Crippen molar-refractivity contribution in [1.82, 2.24) is 0 Å². The van der Waals surface area contributed by atoms with E-state index < -0.39 is 5.97 Å². The van der Waals surface area contributed by atoms with Crippen LogP contribution in [0.2, 0.25) is 0 Å². The molecule has 2 aromatic rings. The number of carboxylic acids is 1. The normalized spacial score (nSPS) is 11.7. The molecule has 23 heavy (non-hydrogen) atoms. The molecule has 0 unspecified atom stereocenters. The summed E-state index contributed by atoms with van der Waals surface area (Å²) in [5.74, 6) is -0.116. The second-order valence-electron chi connectivity index (χ2n) is 4.95.